The highest BCUT2D eigenvalue weighted by Crippen LogP contribution is 2.27. The third-order valence-electron chi connectivity index (χ3n) is 4.23. The number of nitrogens with zero attached hydrogens (tertiary/aromatic N) is 6. The molecule has 2 amide bonds. The maximum atomic E-state index is 12.5. The first-order valence-corrected chi connectivity index (χ1v) is 8.48. The summed E-state index contributed by atoms with van der Waals surface area (Å²) in [5, 5.41) is 13.2. The second-order valence-electron chi connectivity index (χ2n) is 6.37. The van der Waals surface area contributed by atoms with Gasteiger partial charge in [0.15, 0.2) is 11.5 Å². The molecule has 146 valence electrons. The molecule has 0 unspecified atom stereocenters. The van der Waals surface area contributed by atoms with E-state index in [1.165, 1.54) is 0 Å². The smallest absolute Gasteiger partial charge is 0.323 e. The van der Waals surface area contributed by atoms with Crippen molar-refractivity contribution in [2.45, 2.75) is 19.1 Å². The van der Waals surface area contributed by atoms with E-state index in [1.807, 2.05) is 19.4 Å². The topological polar surface area (TPSA) is 79.2 Å². The van der Waals surface area contributed by atoms with E-state index in [0.717, 1.165) is 37.2 Å². The van der Waals surface area contributed by atoms with Gasteiger partial charge in [0.05, 0.1) is 6.20 Å². The largest absolute Gasteiger partial charge is 0.435 e. The number of nitrogens with one attached hydrogen (secondary N) is 1. The van der Waals surface area contributed by atoms with E-state index >= 15 is 0 Å². The van der Waals surface area contributed by atoms with Crippen LogP contribution in [0.1, 0.15) is 17.7 Å². The normalized spacial score (nSPS) is 16.2. The fourth-order valence-electron chi connectivity index (χ4n) is 2.88. The van der Waals surface area contributed by atoms with Crippen molar-refractivity contribution in [3.8, 4) is 0 Å². The van der Waals surface area contributed by atoms with Crippen LogP contribution in [0.25, 0.3) is 0 Å². The van der Waals surface area contributed by atoms with Crippen LogP contribution >= 0.6 is 0 Å². The van der Waals surface area contributed by atoms with Crippen molar-refractivity contribution >= 4 is 11.8 Å². The first-order valence-electron chi connectivity index (χ1n) is 8.48. The Morgan fingerprint density at radius 1 is 1.19 bits per heavy atom. The molecule has 11 heteroatoms. The van der Waals surface area contributed by atoms with Crippen LogP contribution in [-0.4, -0.2) is 62.0 Å². The van der Waals surface area contributed by atoms with Crippen molar-refractivity contribution in [3.05, 3.63) is 35.8 Å². The minimum Gasteiger partial charge on any atom is -0.323 e. The van der Waals surface area contributed by atoms with Crippen LogP contribution in [0.3, 0.4) is 0 Å². The lowest BCUT2D eigenvalue weighted by Gasteiger charge is -2.21. The second kappa shape index (κ2) is 7.91. The van der Waals surface area contributed by atoms with Crippen molar-refractivity contribution in [3.63, 3.8) is 0 Å². The quantitative estimate of drug-likeness (QED) is 0.877. The van der Waals surface area contributed by atoms with Gasteiger partial charge in [-0.15, -0.1) is 10.2 Å². The van der Waals surface area contributed by atoms with Gasteiger partial charge < -0.3 is 4.90 Å². The van der Waals surface area contributed by atoms with Gasteiger partial charge in [-0.3, -0.25) is 14.9 Å². The van der Waals surface area contributed by atoms with Crippen LogP contribution in [0.4, 0.5) is 23.8 Å². The first-order chi connectivity index (χ1) is 12.8. The number of amides is 2. The summed E-state index contributed by atoms with van der Waals surface area (Å²) in [7, 11) is 1.86. The molecule has 0 spiro atoms. The molecular formula is C16H20F3N7O. The van der Waals surface area contributed by atoms with Gasteiger partial charge in [0.25, 0.3) is 0 Å². The number of urea groups is 1. The number of alkyl halides is 3. The van der Waals surface area contributed by atoms with Gasteiger partial charge in [0, 0.05) is 51.5 Å². The zero-order valence-electron chi connectivity index (χ0n) is 14.8. The average Bonchev–Trinajstić information content (AvgIpc) is 2.87. The molecular weight excluding hydrogens is 363 g/mol. The summed E-state index contributed by atoms with van der Waals surface area (Å²) in [6.45, 7) is 3.37. The third-order valence-corrected chi connectivity index (χ3v) is 4.23. The Balaban J connectivity index is 1.53. The van der Waals surface area contributed by atoms with Gasteiger partial charge in [0.1, 0.15) is 0 Å². The summed E-state index contributed by atoms with van der Waals surface area (Å²) in [5.74, 6) is -0.00976. The number of carbonyl (C=O) groups excluding carboxylic acids is 1. The standard InChI is InChI=1S/C16H20F3N7O/c1-24-10-12(9-20-24)11-25-5-2-6-26(8-7-25)15(27)21-14-4-3-13(22-23-14)16(17,18)19/h3-4,9-10H,2,5-8,11H2,1H3,(H,21,23,27). The fraction of sp³-hybridized carbons (Fsp3) is 0.500. The lowest BCUT2D eigenvalue weighted by molar-refractivity contribution is -0.141. The number of aryl methyl sites for hydroxylation is 1. The first kappa shape index (κ1) is 19.1. The van der Waals surface area contributed by atoms with Crippen molar-refractivity contribution in [1.82, 2.24) is 29.8 Å². The van der Waals surface area contributed by atoms with Crippen LogP contribution in [0.2, 0.25) is 0 Å². The molecule has 1 fully saturated rings. The maximum absolute atomic E-state index is 12.5. The highest BCUT2D eigenvalue weighted by molar-refractivity contribution is 5.88. The number of halogens is 3. The molecule has 8 nitrogen and oxygen atoms in total. The SMILES string of the molecule is Cn1cc(CN2CCCN(C(=O)Nc3ccc(C(F)(F)F)nn3)CC2)cn1. The Hall–Kier alpha value is -2.69. The van der Waals surface area contributed by atoms with E-state index in [9.17, 15) is 18.0 Å². The van der Waals surface area contributed by atoms with Gasteiger partial charge >= 0.3 is 12.2 Å². The van der Waals surface area contributed by atoms with Crippen LogP contribution < -0.4 is 5.32 Å². The van der Waals surface area contributed by atoms with E-state index in [0.29, 0.717) is 19.6 Å². The minimum absolute atomic E-state index is 0.00976. The van der Waals surface area contributed by atoms with Crippen molar-refractivity contribution in [2.24, 2.45) is 7.05 Å². The zero-order chi connectivity index (χ0) is 19.4. The summed E-state index contributed by atoms with van der Waals surface area (Å²) in [6, 6.07) is 1.49. The molecule has 1 saturated heterocycles. The van der Waals surface area contributed by atoms with E-state index < -0.39 is 17.9 Å². The van der Waals surface area contributed by atoms with Crippen LogP contribution in [0.15, 0.2) is 24.5 Å². The van der Waals surface area contributed by atoms with E-state index in [4.69, 9.17) is 0 Å². The summed E-state index contributed by atoms with van der Waals surface area (Å²) >= 11 is 0. The maximum Gasteiger partial charge on any atom is 0.435 e. The Morgan fingerprint density at radius 2 is 2.00 bits per heavy atom. The van der Waals surface area contributed by atoms with Crippen molar-refractivity contribution in [1.29, 1.82) is 0 Å². The van der Waals surface area contributed by atoms with Crippen LogP contribution in [-0.2, 0) is 19.8 Å². The molecule has 0 bridgehead atoms. The Bertz CT molecular complexity index is 775. The van der Waals surface area contributed by atoms with Gasteiger partial charge in [-0.25, -0.2) is 4.79 Å². The molecule has 3 rings (SSSR count). The minimum atomic E-state index is -4.56. The molecule has 1 aliphatic heterocycles. The molecule has 2 aromatic rings. The Labute approximate surface area is 154 Å². The van der Waals surface area contributed by atoms with Crippen LogP contribution in [0, 0.1) is 0 Å². The molecule has 0 atom stereocenters. The predicted octanol–water partition coefficient (Wildman–Crippen LogP) is 1.97. The molecule has 27 heavy (non-hydrogen) atoms. The zero-order valence-corrected chi connectivity index (χ0v) is 14.8. The highest BCUT2D eigenvalue weighted by Gasteiger charge is 2.33. The average molecular weight is 383 g/mol. The molecule has 2 aromatic heterocycles. The van der Waals surface area contributed by atoms with Gasteiger partial charge in [0.2, 0.25) is 0 Å². The number of rotatable bonds is 3. The Kier molecular flexibility index (Phi) is 5.59. The molecule has 0 saturated carbocycles. The summed E-state index contributed by atoms with van der Waals surface area (Å²) in [6.07, 6.45) is 0.0156. The molecule has 0 radical (unpaired) electrons. The lowest BCUT2D eigenvalue weighted by Crippen LogP contribution is -2.38. The van der Waals surface area contributed by atoms with Gasteiger partial charge in [-0.05, 0) is 18.6 Å². The summed E-state index contributed by atoms with van der Waals surface area (Å²) < 4.78 is 39.3. The lowest BCUT2D eigenvalue weighted by atomic mass is 10.3. The number of carbonyl (C=O) groups is 1. The van der Waals surface area contributed by atoms with E-state index in [2.05, 4.69) is 25.5 Å². The monoisotopic (exact) mass is 383 g/mol. The van der Waals surface area contributed by atoms with E-state index in [1.54, 1.807) is 9.58 Å². The fourth-order valence-corrected chi connectivity index (χ4v) is 2.88. The number of aromatic nitrogens is 4. The molecule has 1 aliphatic rings. The summed E-state index contributed by atoms with van der Waals surface area (Å²) in [4.78, 5) is 16.2. The summed E-state index contributed by atoms with van der Waals surface area (Å²) in [5.41, 5.74) is 0.0109. The van der Waals surface area contributed by atoms with Gasteiger partial charge in [-0.1, -0.05) is 0 Å². The van der Waals surface area contributed by atoms with Crippen molar-refractivity contribution in [2.75, 3.05) is 31.5 Å². The number of anilines is 1. The highest BCUT2D eigenvalue weighted by atomic mass is 19.4. The number of hydrogen-bond donors (Lipinski definition) is 1. The third kappa shape index (κ3) is 5.16. The number of hydrogen-bond acceptors (Lipinski definition) is 5. The second-order valence-corrected chi connectivity index (χ2v) is 6.37. The molecule has 3 heterocycles. The predicted molar refractivity (Wildman–Crippen MR) is 90.7 cm³/mol. The Morgan fingerprint density at radius 3 is 2.63 bits per heavy atom. The van der Waals surface area contributed by atoms with Gasteiger partial charge in [-0.2, -0.15) is 18.3 Å². The van der Waals surface area contributed by atoms with Crippen LogP contribution in [0.5, 0.6) is 0 Å². The van der Waals surface area contributed by atoms with E-state index in [-0.39, 0.29) is 5.82 Å². The van der Waals surface area contributed by atoms with Crippen molar-refractivity contribution < 1.29 is 18.0 Å². The molecule has 0 aromatic carbocycles. The molecule has 1 N–H and O–H groups in total. The molecule has 0 aliphatic carbocycles.